The van der Waals surface area contributed by atoms with E-state index in [2.05, 4.69) is 29.4 Å². The zero-order chi connectivity index (χ0) is 24.8. The predicted octanol–water partition coefficient (Wildman–Crippen LogP) is 5.81. The van der Waals surface area contributed by atoms with Gasteiger partial charge in [-0.05, 0) is 78.8 Å². The topological polar surface area (TPSA) is 61.4 Å². The zero-order valence-electron chi connectivity index (χ0n) is 20.3. The third-order valence-corrected chi connectivity index (χ3v) is 6.61. The van der Waals surface area contributed by atoms with Crippen LogP contribution in [0.2, 0.25) is 0 Å². The fourth-order valence-electron chi connectivity index (χ4n) is 4.30. The van der Waals surface area contributed by atoms with E-state index in [-0.39, 0.29) is 24.2 Å². The highest BCUT2D eigenvalue weighted by Crippen LogP contribution is 2.29. The van der Waals surface area contributed by atoms with E-state index in [4.69, 9.17) is 0 Å². The Hall–Kier alpha value is -3.67. The number of hydrogen-bond donors (Lipinski definition) is 2. The number of rotatable bonds is 7. The van der Waals surface area contributed by atoms with Gasteiger partial charge in [-0.3, -0.25) is 9.59 Å². The van der Waals surface area contributed by atoms with Crippen molar-refractivity contribution < 1.29 is 14.0 Å². The van der Waals surface area contributed by atoms with E-state index >= 15 is 0 Å². The van der Waals surface area contributed by atoms with Crippen LogP contribution in [0, 0.1) is 11.7 Å². The van der Waals surface area contributed by atoms with E-state index in [9.17, 15) is 14.0 Å². The van der Waals surface area contributed by atoms with E-state index in [1.165, 1.54) is 17.7 Å². The Labute approximate surface area is 206 Å². The number of halogens is 1. The summed E-state index contributed by atoms with van der Waals surface area (Å²) in [6, 6.07) is 19.1. The van der Waals surface area contributed by atoms with Gasteiger partial charge in [0, 0.05) is 36.6 Å². The van der Waals surface area contributed by atoms with Gasteiger partial charge in [0.2, 0.25) is 0 Å². The second-order valence-electron chi connectivity index (χ2n) is 9.22. The molecule has 0 spiro atoms. The maximum atomic E-state index is 13.3. The number of piperidine rings is 1. The third kappa shape index (κ3) is 6.27. The molecule has 6 heteroatoms. The van der Waals surface area contributed by atoms with Crippen LogP contribution in [0.3, 0.4) is 0 Å². The van der Waals surface area contributed by atoms with Crippen molar-refractivity contribution in [2.24, 2.45) is 5.92 Å². The van der Waals surface area contributed by atoms with Crippen LogP contribution in [0.25, 0.3) is 0 Å². The molecule has 35 heavy (non-hydrogen) atoms. The quantitative estimate of drug-likeness (QED) is 0.455. The Kier molecular flexibility index (Phi) is 7.80. The number of aryl methyl sites for hydroxylation is 1. The summed E-state index contributed by atoms with van der Waals surface area (Å²) >= 11 is 0. The van der Waals surface area contributed by atoms with Crippen LogP contribution in [0.5, 0.6) is 0 Å². The van der Waals surface area contributed by atoms with E-state index in [1.54, 1.807) is 18.2 Å². The van der Waals surface area contributed by atoms with Crippen molar-refractivity contribution in [1.29, 1.82) is 0 Å². The average Bonchev–Trinajstić information content (AvgIpc) is 2.88. The Balaban J connectivity index is 1.55. The molecule has 1 aliphatic rings. The second kappa shape index (κ2) is 11.2. The molecule has 0 aliphatic carbocycles. The summed E-state index contributed by atoms with van der Waals surface area (Å²) in [7, 11) is 0. The molecule has 0 atom stereocenters. The van der Waals surface area contributed by atoms with Crippen LogP contribution in [-0.2, 0) is 13.0 Å². The van der Waals surface area contributed by atoms with E-state index in [0.717, 1.165) is 43.6 Å². The molecule has 2 amide bonds. The Morgan fingerprint density at radius 1 is 0.914 bits per heavy atom. The zero-order valence-corrected chi connectivity index (χ0v) is 20.3. The molecule has 0 radical (unpaired) electrons. The minimum atomic E-state index is -0.311. The lowest BCUT2D eigenvalue weighted by molar-refractivity contribution is 0.0950. The van der Waals surface area contributed by atoms with E-state index in [0.29, 0.717) is 22.7 Å². The van der Waals surface area contributed by atoms with Crippen molar-refractivity contribution >= 4 is 23.2 Å². The largest absolute Gasteiger partial charge is 0.371 e. The van der Waals surface area contributed by atoms with Gasteiger partial charge in [-0.15, -0.1) is 0 Å². The molecule has 5 nitrogen and oxygen atoms in total. The molecule has 182 valence electrons. The van der Waals surface area contributed by atoms with Gasteiger partial charge in [0.1, 0.15) is 5.82 Å². The van der Waals surface area contributed by atoms with Crippen LogP contribution >= 0.6 is 0 Å². The molecular formula is C29H32FN3O2. The third-order valence-electron chi connectivity index (χ3n) is 6.61. The molecule has 3 aromatic rings. The number of anilines is 2. The smallest absolute Gasteiger partial charge is 0.255 e. The number of benzene rings is 3. The van der Waals surface area contributed by atoms with Crippen LogP contribution in [0.1, 0.15) is 58.5 Å². The number of nitrogens with one attached hydrogen (secondary N) is 2. The molecule has 0 saturated carbocycles. The van der Waals surface area contributed by atoms with Gasteiger partial charge in [0.25, 0.3) is 11.8 Å². The molecule has 3 aromatic carbocycles. The van der Waals surface area contributed by atoms with Crippen LogP contribution in [0.15, 0.2) is 66.7 Å². The van der Waals surface area contributed by atoms with Crippen LogP contribution in [0.4, 0.5) is 15.8 Å². The highest BCUT2D eigenvalue weighted by atomic mass is 19.1. The summed E-state index contributed by atoms with van der Waals surface area (Å²) in [5.74, 6) is -0.0923. The van der Waals surface area contributed by atoms with Crippen LogP contribution < -0.4 is 15.5 Å². The molecule has 1 fully saturated rings. The number of amides is 2. The predicted molar refractivity (Wildman–Crippen MR) is 138 cm³/mol. The highest BCUT2D eigenvalue weighted by molar-refractivity contribution is 6.06. The first-order valence-corrected chi connectivity index (χ1v) is 12.2. The fraction of sp³-hybridized carbons (Fsp3) is 0.310. The Morgan fingerprint density at radius 2 is 1.57 bits per heavy atom. The second-order valence-corrected chi connectivity index (χ2v) is 9.22. The summed E-state index contributed by atoms with van der Waals surface area (Å²) < 4.78 is 13.2. The first-order valence-electron chi connectivity index (χ1n) is 12.2. The number of carbonyl (C=O) groups excluding carboxylic acids is 2. The minimum absolute atomic E-state index is 0.218. The lowest BCUT2D eigenvalue weighted by Crippen LogP contribution is -2.35. The molecule has 4 rings (SSSR count). The van der Waals surface area contributed by atoms with Gasteiger partial charge >= 0.3 is 0 Å². The maximum absolute atomic E-state index is 13.3. The lowest BCUT2D eigenvalue weighted by atomic mass is 9.97. The van der Waals surface area contributed by atoms with Gasteiger partial charge in [0.15, 0.2) is 0 Å². The van der Waals surface area contributed by atoms with Crippen LogP contribution in [-0.4, -0.2) is 24.9 Å². The first kappa shape index (κ1) is 24.5. The Bertz CT molecular complexity index is 1170. The standard InChI is InChI=1S/C29H32FN3O2/c1-3-21-4-8-23(9-5-21)28(34)32-25-12-13-27(33-16-14-20(2)15-17-33)26(18-25)29(35)31-19-22-6-10-24(30)11-7-22/h4-13,18,20H,3,14-17,19H2,1-2H3,(H,31,35)(H,32,34). The Morgan fingerprint density at radius 3 is 2.23 bits per heavy atom. The van der Waals surface area contributed by atoms with Crippen molar-refractivity contribution in [2.45, 2.75) is 39.7 Å². The number of nitrogens with zero attached hydrogens (tertiary/aromatic N) is 1. The lowest BCUT2D eigenvalue weighted by Gasteiger charge is -2.33. The summed E-state index contributed by atoms with van der Waals surface area (Å²) in [6.07, 6.45) is 3.06. The highest BCUT2D eigenvalue weighted by Gasteiger charge is 2.22. The molecular weight excluding hydrogens is 441 g/mol. The summed E-state index contributed by atoms with van der Waals surface area (Å²) in [6.45, 7) is 6.38. The van der Waals surface area contributed by atoms with Crippen molar-refractivity contribution in [3.05, 3.63) is 94.8 Å². The number of carbonyl (C=O) groups is 2. The molecule has 1 aliphatic heterocycles. The van der Waals surface area contributed by atoms with Gasteiger partial charge < -0.3 is 15.5 Å². The van der Waals surface area contributed by atoms with Gasteiger partial charge in [0.05, 0.1) is 5.56 Å². The van der Waals surface area contributed by atoms with Crippen molar-refractivity contribution in [2.75, 3.05) is 23.3 Å². The van der Waals surface area contributed by atoms with Gasteiger partial charge in [-0.25, -0.2) is 4.39 Å². The molecule has 1 heterocycles. The van der Waals surface area contributed by atoms with Crippen molar-refractivity contribution in [3.8, 4) is 0 Å². The molecule has 0 aromatic heterocycles. The summed E-state index contributed by atoms with van der Waals surface area (Å²) in [5, 5.41) is 5.88. The van der Waals surface area contributed by atoms with Crippen molar-refractivity contribution in [1.82, 2.24) is 5.32 Å². The molecule has 2 N–H and O–H groups in total. The van der Waals surface area contributed by atoms with Crippen molar-refractivity contribution in [3.63, 3.8) is 0 Å². The maximum Gasteiger partial charge on any atom is 0.255 e. The number of hydrogen-bond acceptors (Lipinski definition) is 3. The average molecular weight is 474 g/mol. The summed E-state index contributed by atoms with van der Waals surface area (Å²) in [5.41, 5.74) is 4.49. The molecule has 1 saturated heterocycles. The van der Waals surface area contributed by atoms with E-state index < -0.39 is 0 Å². The SMILES string of the molecule is CCc1ccc(C(=O)Nc2ccc(N3CCC(C)CC3)c(C(=O)NCc3ccc(F)cc3)c2)cc1. The monoisotopic (exact) mass is 473 g/mol. The van der Waals surface area contributed by atoms with E-state index in [1.807, 2.05) is 36.4 Å². The normalized spacial score (nSPS) is 14.0. The first-order chi connectivity index (χ1) is 16.9. The van der Waals surface area contributed by atoms with Gasteiger partial charge in [-0.2, -0.15) is 0 Å². The minimum Gasteiger partial charge on any atom is -0.371 e. The molecule has 0 bridgehead atoms. The molecule has 0 unspecified atom stereocenters. The van der Waals surface area contributed by atoms with Gasteiger partial charge in [-0.1, -0.05) is 38.1 Å². The summed E-state index contributed by atoms with van der Waals surface area (Å²) in [4.78, 5) is 28.3. The fourth-order valence-corrected chi connectivity index (χ4v) is 4.30.